The fourth-order valence-electron chi connectivity index (χ4n) is 7.87. The van der Waals surface area contributed by atoms with Crippen molar-refractivity contribution >= 4 is 32.7 Å². The summed E-state index contributed by atoms with van der Waals surface area (Å²) in [5.41, 5.74) is 2.81. The van der Waals surface area contributed by atoms with Crippen LogP contribution in [0.2, 0.25) is 0 Å². The smallest absolute Gasteiger partial charge is 0.246 e. The molecule has 4 aromatic rings. The highest BCUT2D eigenvalue weighted by atomic mass is 32.2. The minimum atomic E-state index is -4.02. The lowest BCUT2D eigenvalue weighted by Gasteiger charge is -2.36. The van der Waals surface area contributed by atoms with Crippen LogP contribution < -0.4 is 38.6 Å². The monoisotopic (exact) mass is 793 g/mol. The van der Waals surface area contributed by atoms with Crippen molar-refractivity contribution in [2.24, 2.45) is 13.0 Å². The molecule has 1 saturated heterocycles. The maximum Gasteiger partial charge on any atom is 0.246 e. The Morgan fingerprint density at radius 3 is 2.43 bits per heavy atom. The third-order valence-electron chi connectivity index (χ3n) is 10.9. The lowest BCUT2D eigenvalue weighted by atomic mass is 9.97. The number of pyridine rings is 1. The third-order valence-corrected chi connectivity index (χ3v) is 12.8. The van der Waals surface area contributed by atoms with Gasteiger partial charge in [0.25, 0.3) is 0 Å². The highest BCUT2D eigenvalue weighted by Crippen LogP contribution is 2.45. The number of anilines is 1. The van der Waals surface area contributed by atoms with E-state index in [2.05, 4.69) is 20.2 Å². The van der Waals surface area contributed by atoms with Crippen LogP contribution in [0.4, 0.5) is 5.82 Å². The second-order valence-corrected chi connectivity index (χ2v) is 16.4. The molecule has 3 aliphatic heterocycles. The van der Waals surface area contributed by atoms with Crippen molar-refractivity contribution in [3.63, 3.8) is 0 Å². The van der Waals surface area contributed by atoms with Crippen LogP contribution in [0.3, 0.4) is 0 Å². The topological polar surface area (TPSA) is 159 Å². The number of fused-ring (bicyclic) bond motifs is 6. The second kappa shape index (κ2) is 16.6. The fraction of sp³-hybridized carbons (Fsp3) is 0.513. The molecule has 302 valence electrons. The van der Waals surface area contributed by atoms with E-state index in [9.17, 15) is 13.2 Å². The van der Waals surface area contributed by atoms with Crippen LogP contribution in [-0.2, 0) is 35.0 Å². The number of rotatable bonds is 8. The number of nitrogens with one attached hydrogen (secondary N) is 1. The van der Waals surface area contributed by atoms with E-state index < -0.39 is 10.0 Å². The number of piperidine rings is 1. The Labute approximate surface area is 327 Å². The van der Waals surface area contributed by atoms with Crippen molar-refractivity contribution in [1.82, 2.24) is 29.3 Å². The molecule has 0 spiro atoms. The summed E-state index contributed by atoms with van der Waals surface area (Å²) in [5, 5.41) is 8.16. The molecule has 1 atom stereocenters. The first kappa shape index (κ1) is 39.2. The van der Waals surface area contributed by atoms with E-state index in [1.165, 1.54) is 10.5 Å². The van der Waals surface area contributed by atoms with Gasteiger partial charge in [0, 0.05) is 63.3 Å². The molecule has 7 rings (SSSR count). The Bertz CT molecular complexity index is 2200. The molecule has 1 N–H and O–H groups in total. The van der Waals surface area contributed by atoms with Crippen LogP contribution in [0.25, 0.3) is 10.9 Å². The predicted molar refractivity (Wildman–Crippen MR) is 209 cm³/mol. The van der Waals surface area contributed by atoms with Gasteiger partial charge in [-0.25, -0.2) is 13.4 Å². The molecule has 56 heavy (non-hydrogen) atoms. The van der Waals surface area contributed by atoms with Gasteiger partial charge in [-0.05, 0) is 68.8 Å². The minimum Gasteiger partial charge on any atom is -0.493 e. The van der Waals surface area contributed by atoms with Crippen LogP contribution in [0.5, 0.6) is 34.5 Å². The maximum absolute atomic E-state index is 14.6. The predicted octanol–water partition coefficient (Wildman–Crippen LogP) is 3.86. The molecule has 16 nitrogen and oxygen atoms in total. The molecule has 0 aliphatic carbocycles. The zero-order valence-electron chi connectivity index (χ0n) is 32.9. The number of ether oxygens (including phenoxy) is 6. The number of benzene rings is 2. The van der Waals surface area contributed by atoms with E-state index in [0.717, 1.165) is 30.5 Å². The quantitative estimate of drug-likeness (QED) is 0.275. The van der Waals surface area contributed by atoms with E-state index in [4.69, 9.17) is 33.4 Å². The first-order valence-electron chi connectivity index (χ1n) is 18.9. The summed E-state index contributed by atoms with van der Waals surface area (Å²) in [4.78, 5) is 23.2. The molecule has 2 aromatic heterocycles. The van der Waals surface area contributed by atoms with Gasteiger partial charge in [0.15, 0.2) is 23.0 Å². The molecule has 1 amide bonds. The van der Waals surface area contributed by atoms with Gasteiger partial charge in [-0.1, -0.05) is 0 Å². The molecule has 2 bridgehead atoms. The number of carbonyl (C=O) groups is 1. The molecule has 1 unspecified atom stereocenters. The summed E-state index contributed by atoms with van der Waals surface area (Å²) >= 11 is 0. The summed E-state index contributed by atoms with van der Waals surface area (Å²) in [6.07, 6.45) is 4.37. The average Bonchev–Trinajstić information content (AvgIpc) is 3.82. The van der Waals surface area contributed by atoms with Crippen molar-refractivity contribution in [2.75, 3.05) is 79.4 Å². The number of aryl methyl sites for hydroxylation is 1. The number of sulfonamides is 1. The van der Waals surface area contributed by atoms with E-state index in [0.29, 0.717) is 95.9 Å². The van der Waals surface area contributed by atoms with E-state index in [1.807, 2.05) is 24.3 Å². The van der Waals surface area contributed by atoms with Crippen LogP contribution in [0.1, 0.15) is 42.5 Å². The van der Waals surface area contributed by atoms with Crippen molar-refractivity contribution in [2.45, 2.75) is 50.6 Å². The van der Waals surface area contributed by atoms with Gasteiger partial charge in [-0.15, -0.1) is 0 Å². The first-order chi connectivity index (χ1) is 27.0. The molecule has 2 aromatic carbocycles. The zero-order valence-corrected chi connectivity index (χ0v) is 33.7. The highest BCUT2D eigenvalue weighted by Gasteiger charge is 2.32. The van der Waals surface area contributed by atoms with Gasteiger partial charge in [0.05, 0.1) is 52.4 Å². The number of carbonyl (C=O) groups excluding carboxylic acids is 1. The van der Waals surface area contributed by atoms with Gasteiger partial charge in [0.1, 0.15) is 10.7 Å². The molecular formula is C39H51N7O9S. The second-order valence-electron chi connectivity index (χ2n) is 14.4. The number of nitrogens with zero attached hydrogens (tertiary/aromatic N) is 6. The largest absolute Gasteiger partial charge is 0.493 e. The highest BCUT2D eigenvalue weighted by molar-refractivity contribution is 7.89. The molecule has 0 saturated carbocycles. The number of hydrogen-bond acceptors (Lipinski definition) is 13. The van der Waals surface area contributed by atoms with Gasteiger partial charge in [-0.2, -0.15) is 9.40 Å². The number of hydrogen-bond donors (Lipinski definition) is 1. The summed E-state index contributed by atoms with van der Waals surface area (Å²) in [7, 11) is 3.97. The van der Waals surface area contributed by atoms with Crippen molar-refractivity contribution < 1.29 is 41.6 Å². The Morgan fingerprint density at radius 2 is 1.70 bits per heavy atom. The third kappa shape index (κ3) is 7.84. The lowest BCUT2D eigenvalue weighted by Crippen LogP contribution is -2.44. The van der Waals surface area contributed by atoms with Gasteiger partial charge in [-0.3, -0.25) is 14.4 Å². The van der Waals surface area contributed by atoms with Gasteiger partial charge < -0.3 is 38.6 Å². The van der Waals surface area contributed by atoms with Gasteiger partial charge >= 0.3 is 0 Å². The maximum atomic E-state index is 14.6. The molecule has 3 aliphatic rings. The van der Waals surface area contributed by atoms with E-state index in [-0.39, 0.29) is 43.1 Å². The van der Waals surface area contributed by atoms with Crippen LogP contribution >= 0.6 is 0 Å². The molecule has 17 heteroatoms. The number of methoxy groups -OCH3 is 4. The number of aromatic nitrogens is 3. The first-order valence-corrected chi connectivity index (χ1v) is 20.3. The van der Waals surface area contributed by atoms with E-state index in [1.54, 1.807) is 47.1 Å². The van der Waals surface area contributed by atoms with Crippen LogP contribution in [0.15, 0.2) is 35.4 Å². The Hall–Kier alpha value is -5.00. The van der Waals surface area contributed by atoms with E-state index >= 15 is 0 Å². The Balaban J connectivity index is 1.28. The van der Waals surface area contributed by atoms with Crippen molar-refractivity contribution in [3.05, 3.63) is 47.3 Å². The van der Waals surface area contributed by atoms with Gasteiger partial charge in [0.2, 0.25) is 34.2 Å². The fourth-order valence-corrected chi connectivity index (χ4v) is 9.51. The molecule has 1 fully saturated rings. The SMILES string of the molecule is COc1cc(CN2CCCCN(S(=O)(=O)c3cnn(C)c3C)Cc3cc4c(OC)c(OC)c(OC)cc4nc3N3CCCC(CNC(=O)C2)C3)cc2c1OCO2. The summed E-state index contributed by atoms with van der Waals surface area (Å²) < 4.78 is 66.5. The zero-order chi connectivity index (χ0) is 39.6. The minimum absolute atomic E-state index is 0.0606. The lowest BCUT2D eigenvalue weighted by molar-refractivity contribution is -0.122. The summed E-state index contributed by atoms with van der Waals surface area (Å²) in [5.74, 6) is 3.83. The molecular weight excluding hydrogens is 743 g/mol. The van der Waals surface area contributed by atoms with Crippen LogP contribution in [-0.4, -0.2) is 113 Å². The normalized spacial score (nSPS) is 18.7. The Morgan fingerprint density at radius 1 is 0.911 bits per heavy atom. The van der Waals surface area contributed by atoms with Crippen molar-refractivity contribution in [3.8, 4) is 34.5 Å². The summed E-state index contributed by atoms with van der Waals surface area (Å²) in [6, 6.07) is 7.60. The van der Waals surface area contributed by atoms with Crippen molar-refractivity contribution in [1.29, 1.82) is 0 Å². The molecule has 0 radical (unpaired) electrons. The summed E-state index contributed by atoms with van der Waals surface area (Å²) in [6.45, 7) is 5.18. The number of amides is 1. The standard InChI is InChI=1S/C39H51N7O9S/c1-25-34(19-41-43(25)2)56(48,49)46-13-8-7-11-44(20-27-14-31(50-3)37-33(15-27)54-24-55-37)23-35(47)40-18-26-10-9-12-45(21-26)39-28(22-46)16-29-30(42-39)17-32(51-4)38(53-6)36(29)52-5/h14-17,19,26H,7-13,18,20-24H2,1-6H3,(H,40,47). The average molecular weight is 794 g/mol. The Kier molecular flexibility index (Phi) is 11.6. The molecule has 5 heterocycles. The van der Waals surface area contributed by atoms with Crippen LogP contribution in [0, 0.1) is 12.8 Å².